The summed E-state index contributed by atoms with van der Waals surface area (Å²) in [6, 6.07) is 7.56. The minimum Gasteiger partial charge on any atom is -0.356 e. The molecule has 0 bridgehead atoms. The smallest absolute Gasteiger partial charge is 0.251 e. The fraction of sp³-hybridized carbons (Fsp3) is 0.529. The molecular weight excluding hydrogens is 403 g/mol. The molecule has 0 aliphatic rings. The van der Waals surface area contributed by atoms with Gasteiger partial charge in [-0.2, -0.15) is 0 Å². The number of carbonyl (C=O) groups is 1. The van der Waals surface area contributed by atoms with Crippen molar-refractivity contribution in [1.82, 2.24) is 16.0 Å². The molecule has 5 nitrogen and oxygen atoms in total. The third-order valence-corrected chi connectivity index (χ3v) is 3.84. The molecule has 0 radical (unpaired) electrons. The molecule has 0 spiro atoms. The van der Waals surface area contributed by atoms with E-state index in [9.17, 15) is 4.79 Å². The van der Waals surface area contributed by atoms with Crippen LogP contribution >= 0.6 is 24.0 Å². The lowest BCUT2D eigenvalue weighted by molar-refractivity contribution is 0.0963. The van der Waals surface area contributed by atoms with Gasteiger partial charge in [-0.15, -0.1) is 24.0 Å². The summed E-state index contributed by atoms with van der Waals surface area (Å²) in [7, 11) is 3.41. The molecular formula is C17H29IN4O. The summed E-state index contributed by atoms with van der Waals surface area (Å²) in [5.41, 5.74) is 1.78. The van der Waals surface area contributed by atoms with Crippen molar-refractivity contribution in [3.05, 3.63) is 35.4 Å². The van der Waals surface area contributed by atoms with E-state index in [1.807, 2.05) is 24.3 Å². The van der Waals surface area contributed by atoms with Gasteiger partial charge in [0.2, 0.25) is 0 Å². The molecule has 1 aromatic carbocycles. The van der Waals surface area contributed by atoms with Crippen molar-refractivity contribution >= 4 is 35.8 Å². The third-order valence-electron chi connectivity index (χ3n) is 3.84. The lowest BCUT2D eigenvalue weighted by Gasteiger charge is -2.16. The number of hydrogen-bond acceptors (Lipinski definition) is 2. The summed E-state index contributed by atoms with van der Waals surface area (Å²) >= 11 is 0. The number of nitrogens with zero attached hydrogens (tertiary/aromatic N) is 1. The highest BCUT2D eigenvalue weighted by Crippen LogP contribution is 2.06. The molecule has 23 heavy (non-hydrogen) atoms. The molecule has 0 fully saturated rings. The van der Waals surface area contributed by atoms with Crippen LogP contribution in [-0.4, -0.2) is 32.5 Å². The van der Waals surface area contributed by atoms with E-state index < -0.39 is 0 Å². The normalized spacial score (nSPS) is 10.9. The quantitative estimate of drug-likeness (QED) is 0.353. The molecule has 130 valence electrons. The van der Waals surface area contributed by atoms with Crippen LogP contribution < -0.4 is 16.0 Å². The number of carbonyl (C=O) groups excluding carboxylic acids is 1. The molecule has 0 saturated heterocycles. The number of benzene rings is 1. The first-order valence-corrected chi connectivity index (χ1v) is 7.90. The van der Waals surface area contributed by atoms with E-state index in [2.05, 4.69) is 34.8 Å². The van der Waals surface area contributed by atoms with Crippen LogP contribution in [0.5, 0.6) is 0 Å². The highest BCUT2D eigenvalue weighted by atomic mass is 127. The Morgan fingerprint density at radius 2 is 1.74 bits per heavy atom. The number of hydrogen-bond donors (Lipinski definition) is 3. The Morgan fingerprint density at radius 1 is 1.13 bits per heavy atom. The molecule has 1 aromatic rings. The van der Waals surface area contributed by atoms with Gasteiger partial charge in [0.05, 0.1) is 0 Å². The second-order valence-corrected chi connectivity index (χ2v) is 5.27. The van der Waals surface area contributed by atoms with E-state index in [0.29, 0.717) is 18.0 Å². The standard InChI is InChI=1S/C17H28N4O.HI/c1-5-13(6-2)11-20-17(19-4)21-12-14-7-9-15(10-8-14)16(22)18-3;/h7-10,13H,5-6,11-12H2,1-4H3,(H,18,22)(H2,19,20,21);1H. The first-order chi connectivity index (χ1) is 10.6. The molecule has 3 N–H and O–H groups in total. The fourth-order valence-electron chi connectivity index (χ4n) is 2.14. The van der Waals surface area contributed by atoms with Crippen LogP contribution in [0.25, 0.3) is 0 Å². The van der Waals surface area contributed by atoms with Gasteiger partial charge in [-0.1, -0.05) is 38.8 Å². The maximum Gasteiger partial charge on any atom is 0.251 e. The second-order valence-electron chi connectivity index (χ2n) is 5.27. The van der Waals surface area contributed by atoms with E-state index in [1.54, 1.807) is 14.1 Å². The number of halogens is 1. The van der Waals surface area contributed by atoms with Crippen LogP contribution in [0.15, 0.2) is 29.3 Å². The minimum absolute atomic E-state index is 0. The van der Waals surface area contributed by atoms with E-state index in [4.69, 9.17) is 0 Å². The summed E-state index contributed by atoms with van der Waals surface area (Å²) in [5.74, 6) is 1.41. The Labute approximate surface area is 156 Å². The van der Waals surface area contributed by atoms with E-state index in [0.717, 1.165) is 18.1 Å². The number of amides is 1. The Hall–Kier alpha value is -1.31. The van der Waals surface area contributed by atoms with Crippen molar-refractivity contribution in [1.29, 1.82) is 0 Å². The van der Waals surface area contributed by atoms with Crippen LogP contribution in [0.3, 0.4) is 0 Å². The molecule has 0 aliphatic carbocycles. The Kier molecular flexibility index (Phi) is 11.5. The Balaban J connectivity index is 0.00000484. The second kappa shape index (κ2) is 12.2. The molecule has 0 aromatic heterocycles. The van der Waals surface area contributed by atoms with E-state index in [-0.39, 0.29) is 29.9 Å². The first kappa shape index (κ1) is 21.7. The summed E-state index contributed by atoms with van der Waals surface area (Å²) in [6.07, 6.45) is 2.34. The first-order valence-electron chi connectivity index (χ1n) is 7.90. The lowest BCUT2D eigenvalue weighted by atomic mass is 10.0. The van der Waals surface area contributed by atoms with Gasteiger partial charge in [0.1, 0.15) is 0 Å². The van der Waals surface area contributed by atoms with Gasteiger partial charge < -0.3 is 16.0 Å². The maximum atomic E-state index is 11.5. The topological polar surface area (TPSA) is 65.5 Å². The Morgan fingerprint density at radius 3 is 2.22 bits per heavy atom. The van der Waals surface area contributed by atoms with Crippen molar-refractivity contribution < 1.29 is 4.79 Å². The van der Waals surface area contributed by atoms with Crippen molar-refractivity contribution in [3.63, 3.8) is 0 Å². The van der Waals surface area contributed by atoms with Gasteiger partial charge in [-0.3, -0.25) is 9.79 Å². The van der Waals surface area contributed by atoms with Gasteiger partial charge in [0.25, 0.3) is 5.91 Å². The molecule has 0 heterocycles. The summed E-state index contributed by atoms with van der Waals surface area (Å²) in [5, 5.41) is 9.26. The van der Waals surface area contributed by atoms with Crippen molar-refractivity contribution in [3.8, 4) is 0 Å². The highest BCUT2D eigenvalue weighted by molar-refractivity contribution is 14.0. The lowest BCUT2D eigenvalue weighted by Crippen LogP contribution is -2.39. The molecule has 6 heteroatoms. The minimum atomic E-state index is -0.0674. The zero-order valence-corrected chi connectivity index (χ0v) is 16.8. The number of nitrogens with one attached hydrogen (secondary N) is 3. The van der Waals surface area contributed by atoms with E-state index in [1.165, 1.54) is 12.8 Å². The van der Waals surface area contributed by atoms with E-state index >= 15 is 0 Å². The van der Waals surface area contributed by atoms with Crippen LogP contribution in [0, 0.1) is 5.92 Å². The largest absolute Gasteiger partial charge is 0.356 e. The molecule has 0 unspecified atom stereocenters. The molecule has 1 amide bonds. The van der Waals surface area contributed by atoms with Crippen LogP contribution in [0.2, 0.25) is 0 Å². The molecule has 0 saturated carbocycles. The number of rotatable bonds is 7. The predicted molar refractivity (Wildman–Crippen MR) is 108 cm³/mol. The van der Waals surface area contributed by atoms with Gasteiger partial charge in [-0.25, -0.2) is 0 Å². The summed E-state index contributed by atoms with van der Waals surface area (Å²) < 4.78 is 0. The van der Waals surface area contributed by atoms with Crippen molar-refractivity contribution in [2.24, 2.45) is 10.9 Å². The van der Waals surface area contributed by atoms with Crippen molar-refractivity contribution in [2.45, 2.75) is 33.2 Å². The van der Waals surface area contributed by atoms with Gasteiger partial charge in [-0.05, 0) is 23.6 Å². The SMILES string of the molecule is CCC(CC)CNC(=NC)NCc1ccc(C(=O)NC)cc1.I. The number of aliphatic imine (C=N–C) groups is 1. The predicted octanol–water partition coefficient (Wildman–Crippen LogP) is 2.77. The highest BCUT2D eigenvalue weighted by Gasteiger charge is 2.05. The van der Waals surface area contributed by atoms with Crippen molar-refractivity contribution in [2.75, 3.05) is 20.6 Å². The average Bonchev–Trinajstić information content (AvgIpc) is 2.58. The van der Waals surface area contributed by atoms with Crippen LogP contribution in [0.4, 0.5) is 0 Å². The van der Waals surface area contributed by atoms with Gasteiger partial charge >= 0.3 is 0 Å². The fourth-order valence-corrected chi connectivity index (χ4v) is 2.14. The zero-order valence-electron chi connectivity index (χ0n) is 14.5. The van der Waals surface area contributed by atoms with Gasteiger partial charge in [0, 0.05) is 32.7 Å². The zero-order chi connectivity index (χ0) is 16.4. The molecule has 0 aliphatic heterocycles. The van der Waals surface area contributed by atoms with Crippen LogP contribution in [-0.2, 0) is 6.54 Å². The molecule has 1 rings (SSSR count). The maximum absolute atomic E-state index is 11.5. The van der Waals surface area contributed by atoms with Crippen LogP contribution in [0.1, 0.15) is 42.6 Å². The Bertz CT molecular complexity index is 484. The summed E-state index contributed by atoms with van der Waals surface area (Å²) in [6.45, 7) is 6.03. The summed E-state index contributed by atoms with van der Waals surface area (Å²) in [4.78, 5) is 15.7. The number of guanidine groups is 1. The molecule has 0 atom stereocenters. The van der Waals surface area contributed by atoms with Gasteiger partial charge in [0.15, 0.2) is 5.96 Å². The monoisotopic (exact) mass is 432 g/mol. The average molecular weight is 432 g/mol. The third kappa shape index (κ3) is 7.67.